The normalized spacial score (nSPS) is 18.4. The highest BCUT2D eigenvalue weighted by Crippen LogP contribution is 2.09. The van der Waals surface area contributed by atoms with Crippen LogP contribution in [0.4, 0.5) is 0 Å². The van der Waals surface area contributed by atoms with Crippen molar-refractivity contribution < 1.29 is 9.53 Å². The van der Waals surface area contributed by atoms with Crippen LogP contribution >= 0.6 is 0 Å². The molecule has 1 amide bonds. The van der Waals surface area contributed by atoms with E-state index in [4.69, 9.17) is 4.74 Å². The number of nitrogens with one attached hydrogen (secondary N) is 1. The van der Waals surface area contributed by atoms with Crippen LogP contribution in [0, 0.1) is 5.92 Å². The fraction of sp³-hybridized carbons (Fsp3) is 0.529. The predicted molar refractivity (Wildman–Crippen MR) is 92.5 cm³/mol. The van der Waals surface area contributed by atoms with Gasteiger partial charge in [-0.25, -0.2) is 14.6 Å². The fourth-order valence-electron chi connectivity index (χ4n) is 2.91. The van der Waals surface area contributed by atoms with Crippen molar-refractivity contribution in [1.29, 1.82) is 0 Å². The number of aromatic nitrogens is 4. The molecule has 1 N–H and O–H groups in total. The SMILES string of the molecule is CC(C)CN1CCOC(CNC(=O)c2ccnc(-n3cncn3)c2)C1. The van der Waals surface area contributed by atoms with Gasteiger partial charge in [0.15, 0.2) is 5.82 Å². The van der Waals surface area contributed by atoms with Crippen LogP contribution in [0.5, 0.6) is 0 Å². The Morgan fingerprint density at radius 2 is 2.36 bits per heavy atom. The lowest BCUT2D eigenvalue weighted by Crippen LogP contribution is -2.48. The third kappa shape index (κ3) is 4.83. The molecule has 25 heavy (non-hydrogen) atoms. The largest absolute Gasteiger partial charge is 0.374 e. The molecule has 2 aromatic heterocycles. The highest BCUT2D eigenvalue weighted by molar-refractivity contribution is 5.94. The Bertz CT molecular complexity index is 688. The summed E-state index contributed by atoms with van der Waals surface area (Å²) in [5, 5.41) is 6.98. The molecule has 0 spiro atoms. The van der Waals surface area contributed by atoms with Crippen molar-refractivity contribution in [2.24, 2.45) is 5.92 Å². The van der Waals surface area contributed by atoms with Crippen LogP contribution in [0.25, 0.3) is 5.82 Å². The Hall–Kier alpha value is -2.32. The summed E-state index contributed by atoms with van der Waals surface area (Å²) in [6.07, 6.45) is 4.59. The van der Waals surface area contributed by atoms with E-state index in [2.05, 4.69) is 39.1 Å². The van der Waals surface area contributed by atoms with Crippen LogP contribution in [0.3, 0.4) is 0 Å². The van der Waals surface area contributed by atoms with E-state index in [0.717, 1.165) is 19.6 Å². The lowest BCUT2D eigenvalue weighted by atomic mass is 10.1. The van der Waals surface area contributed by atoms with Gasteiger partial charge in [-0.1, -0.05) is 13.8 Å². The molecule has 1 aliphatic rings. The molecule has 1 unspecified atom stereocenters. The summed E-state index contributed by atoms with van der Waals surface area (Å²) < 4.78 is 7.29. The summed E-state index contributed by atoms with van der Waals surface area (Å²) in [6.45, 7) is 8.48. The first-order valence-corrected chi connectivity index (χ1v) is 8.55. The number of ether oxygens (including phenoxy) is 1. The van der Waals surface area contributed by atoms with Gasteiger partial charge in [-0.05, 0) is 18.1 Å². The van der Waals surface area contributed by atoms with Crippen molar-refractivity contribution >= 4 is 5.91 Å². The molecule has 0 aromatic carbocycles. The highest BCUT2D eigenvalue weighted by atomic mass is 16.5. The minimum Gasteiger partial charge on any atom is -0.374 e. The van der Waals surface area contributed by atoms with Crippen molar-refractivity contribution in [1.82, 2.24) is 30.0 Å². The van der Waals surface area contributed by atoms with Gasteiger partial charge >= 0.3 is 0 Å². The molecule has 0 bridgehead atoms. The number of rotatable bonds is 6. The molecule has 0 aliphatic carbocycles. The number of hydrogen-bond acceptors (Lipinski definition) is 6. The monoisotopic (exact) mass is 344 g/mol. The van der Waals surface area contributed by atoms with E-state index in [0.29, 0.717) is 30.5 Å². The molecular weight excluding hydrogens is 320 g/mol. The first-order valence-electron chi connectivity index (χ1n) is 8.55. The van der Waals surface area contributed by atoms with Crippen molar-refractivity contribution in [3.05, 3.63) is 36.5 Å². The Morgan fingerprint density at radius 1 is 1.48 bits per heavy atom. The lowest BCUT2D eigenvalue weighted by Gasteiger charge is -2.33. The zero-order valence-corrected chi connectivity index (χ0v) is 14.6. The van der Waals surface area contributed by atoms with E-state index in [1.807, 2.05) is 0 Å². The summed E-state index contributed by atoms with van der Waals surface area (Å²) in [4.78, 5) is 22.9. The van der Waals surface area contributed by atoms with E-state index in [-0.39, 0.29) is 12.0 Å². The number of pyridine rings is 1. The van der Waals surface area contributed by atoms with Gasteiger partial charge in [0.25, 0.3) is 5.91 Å². The van der Waals surface area contributed by atoms with Crippen LogP contribution in [0.15, 0.2) is 31.0 Å². The molecule has 3 rings (SSSR count). The zero-order chi connectivity index (χ0) is 17.6. The molecule has 134 valence electrons. The molecule has 8 nitrogen and oxygen atoms in total. The molecule has 8 heteroatoms. The standard InChI is InChI=1S/C17H24N6O2/c1-13(2)9-22-5-6-25-15(10-22)8-20-17(24)14-3-4-19-16(7-14)23-12-18-11-21-23/h3-4,7,11-13,15H,5-6,8-10H2,1-2H3,(H,20,24). The minimum atomic E-state index is -0.145. The van der Waals surface area contributed by atoms with Crippen molar-refractivity contribution in [3.8, 4) is 5.82 Å². The van der Waals surface area contributed by atoms with Crippen LogP contribution in [0.2, 0.25) is 0 Å². The molecule has 0 saturated carbocycles. The second kappa shape index (κ2) is 8.17. The minimum absolute atomic E-state index is 0.0214. The summed E-state index contributed by atoms with van der Waals surface area (Å²) in [7, 11) is 0. The van der Waals surface area contributed by atoms with E-state index < -0.39 is 0 Å². The predicted octanol–water partition coefficient (Wildman–Crippen LogP) is 0.749. The van der Waals surface area contributed by atoms with Crippen molar-refractivity contribution in [3.63, 3.8) is 0 Å². The maximum Gasteiger partial charge on any atom is 0.251 e. The number of amides is 1. The van der Waals surface area contributed by atoms with Gasteiger partial charge in [-0.3, -0.25) is 9.69 Å². The Kier molecular flexibility index (Phi) is 5.72. The Labute approximate surface area is 147 Å². The number of morpholine rings is 1. The second-order valence-electron chi connectivity index (χ2n) is 6.60. The van der Waals surface area contributed by atoms with E-state index in [1.54, 1.807) is 24.7 Å². The number of nitrogens with zero attached hydrogens (tertiary/aromatic N) is 5. The summed E-state index contributed by atoms with van der Waals surface area (Å²) in [5.41, 5.74) is 0.537. The van der Waals surface area contributed by atoms with Crippen molar-refractivity contribution in [2.45, 2.75) is 20.0 Å². The van der Waals surface area contributed by atoms with Crippen molar-refractivity contribution in [2.75, 3.05) is 32.8 Å². The van der Waals surface area contributed by atoms with Crippen LogP contribution in [-0.2, 0) is 4.74 Å². The molecule has 1 atom stereocenters. The zero-order valence-electron chi connectivity index (χ0n) is 14.6. The van der Waals surface area contributed by atoms with Crippen LogP contribution in [-0.4, -0.2) is 69.4 Å². The maximum atomic E-state index is 12.4. The average molecular weight is 344 g/mol. The fourth-order valence-corrected chi connectivity index (χ4v) is 2.91. The van der Waals surface area contributed by atoms with Gasteiger partial charge in [-0.15, -0.1) is 0 Å². The maximum absolute atomic E-state index is 12.4. The van der Waals surface area contributed by atoms with Gasteiger partial charge in [0, 0.05) is 37.9 Å². The summed E-state index contributed by atoms with van der Waals surface area (Å²) in [6, 6.07) is 3.37. The quantitative estimate of drug-likeness (QED) is 0.832. The van der Waals surface area contributed by atoms with Gasteiger partial charge in [0.2, 0.25) is 0 Å². The first-order chi connectivity index (χ1) is 12.1. The topological polar surface area (TPSA) is 85.2 Å². The smallest absolute Gasteiger partial charge is 0.251 e. The molecule has 1 saturated heterocycles. The molecule has 1 fully saturated rings. The molecule has 2 aromatic rings. The number of hydrogen-bond donors (Lipinski definition) is 1. The summed E-state index contributed by atoms with van der Waals surface area (Å²) in [5.74, 6) is 1.04. The molecular formula is C17H24N6O2. The Balaban J connectivity index is 1.55. The van der Waals surface area contributed by atoms with E-state index in [9.17, 15) is 4.79 Å². The highest BCUT2D eigenvalue weighted by Gasteiger charge is 2.21. The van der Waals surface area contributed by atoms with Gasteiger partial charge in [0.05, 0.1) is 12.7 Å². The van der Waals surface area contributed by atoms with Gasteiger partial charge in [0.1, 0.15) is 12.7 Å². The van der Waals surface area contributed by atoms with Crippen LogP contribution in [0.1, 0.15) is 24.2 Å². The third-order valence-electron chi connectivity index (χ3n) is 4.00. The number of carbonyl (C=O) groups is 1. The van der Waals surface area contributed by atoms with E-state index in [1.165, 1.54) is 11.0 Å². The average Bonchev–Trinajstić information content (AvgIpc) is 3.14. The lowest BCUT2D eigenvalue weighted by molar-refractivity contribution is -0.0295. The van der Waals surface area contributed by atoms with Gasteiger partial charge < -0.3 is 10.1 Å². The molecule has 1 aliphatic heterocycles. The first kappa shape index (κ1) is 17.5. The molecule has 3 heterocycles. The second-order valence-corrected chi connectivity index (χ2v) is 6.60. The van der Waals surface area contributed by atoms with Gasteiger partial charge in [-0.2, -0.15) is 5.10 Å². The number of carbonyl (C=O) groups excluding carboxylic acids is 1. The Morgan fingerprint density at radius 3 is 3.12 bits per heavy atom. The van der Waals surface area contributed by atoms with Crippen LogP contribution < -0.4 is 5.32 Å². The molecule has 0 radical (unpaired) electrons. The third-order valence-corrected chi connectivity index (χ3v) is 4.00. The summed E-state index contributed by atoms with van der Waals surface area (Å²) >= 11 is 0. The van der Waals surface area contributed by atoms with E-state index >= 15 is 0 Å².